The second-order valence-electron chi connectivity index (χ2n) is 6.15. The summed E-state index contributed by atoms with van der Waals surface area (Å²) in [5.41, 5.74) is -1.13. The first-order chi connectivity index (χ1) is 11.4. The minimum atomic E-state index is -1.46. The minimum absolute atomic E-state index is 0.113. The summed E-state index contributed by atoms with van der Waals surface area (Å²) in [6.07, 6.45) is -2.02. The Labute approximate surface area is 152 Å². The summed E-state index contributed by atoms with van der Waals surface area (Å²) < 4.78 is 10.9. The number of aliphatic carboxylic acids is 1. The van der Waals surface area contributed by atoms with Crippen LogP contribution in [0.1, 0.15) is 27.7 Å². The summed E-state index contributed by atoms with van der Waals surface area (Å²) in [7, 11) is 0. The second kappa shape index (κ2) is 8.15. The van der Waals surface area contributed by atoms with Crippen LogP contribution in [0, 0.1) is 10.1 Å². The van der Waals surface area contributed by atoms with Gasteiger partial charge in [-0.15, -0.1) is 0 Å². The van der Waals surface area contributed by atoms with Crippen LogP contribution in [0.5, 0.6) is 5.75 Å². The molecule has 9 nitrogen and oxygen atoms in total. The van der Waals surface area contributed by atoms with Gasteiger partial charge in [0.25, 0.3) is 0 Å². The Morgan fingerprint density at radius 2 is 1.96 bits per heavy atom. The third-order valence-electron chi connectivity index (χ3n) is 2.84. The van der Waals surface area contributed by atoms with Gasteiger partial charge in [0.2, 0.25) is 0 Å². The van der Waals surface area contributed by atoms with E-state index in [1.165, 1.54) is 25.1 Å². The number of nitro groups is 1. The van der Waals surface area contributed by atoms with E-state index in [1.807, 2.05) is 0 Å². The lowest BCUT2D eigenvalue weighted by Crippen LogP contribution is -2.51. The zero-order valence-electron chi connectivity index (χ0n) is 14.1. The molecule has 25 heavy (non-hydrogen) atoms. The number of nitrogens with zero attached hydrogens (tertiary/aromatic N) is 1. The summed E-state index contributed by atoms with van der Waals surface area (Å²) in [4.78, 5) is 33.6. The van der Waals surface area contributed by atoms with E-state index < -0.39 is 34.7 Å². The van der Waals surface area contributed by atoms with Gasteiger partial charge in [0.05, 0.1) is 4.92 Å². The van der Waals surface area contributed by atoms with Crippen LogP contribution >= 0.6 is 15.9 Å². The summed E-state index contributed by atoms with van der Waals surface area (Å²) >= 11 is 3.12. The van der Waals surface area contributed by atoms with E-state index in [2.05, 4.69) is 21.2 Å². The number of carboxylic acid groups (broad SMARTS) is 1. The van der Waals surface area contributed by atoms with Crippen molar-refractivity contribution < 1.29 is 29.1 Å². The molecule has 0 bridgehead atoms. The van der Waals surface area contributed by atoms with E-state index >= 15 is 0 Å². The molecule has 0 spiro atoms. The molecule has 0 saturated heterocycles. The fourth-order valence-electron chi connectivity index (χ4n) is 1.82. The number of ether oxygens (including phenoxy) is 2. The number of carbonyl (C=O) groups excluding carboxylic acids is 1. The maximum Gasteiger partial charge on any atom is 0.408 e. The Balaban J connectivity index is 2.95. The Bertz CT molecular complexity index is 672. The first-order valence-corrected chi connectivity index (χ1v) is 8.03. The molecule has 1 aromatic carbocycles. The number of alkyl carbamates (subject to hydrolysis) is 1. The van der Waals surface area contributed by atoms with Crippen molar-refractivity contribution in [2.75, 3.05) is 0 Å². The molecular weight excluding hydrogens is 400 g/mol. The molecule has 0 aliphatic carbocycles. The zero-order chi connectivity index (χ0) is 19.4. The van der Waals surface area contributed by atoms with Crippen molar-refractivity contribution in [2.24, 2.45) is 0 Å². The molecule has 0 unspecified atom stereocenters. The Kier molecular flexibility index (Phi) is 6.74. The highest BCUT2D eigenvalue weighted by atomic mass is 79.9. The highest BCUT2D eigenvalue weighted by Gasteiger charge is 2.31. The standard InChI is InChI=1S/C15H19BrN2O7/c1-8(12(13(19)20)17-14(21)25-15(2,3)4)24-11-6-5-9(16)7-10(11)18(22)23/h5-8,12H,1-4H3,(H,17,21)(H,19,20)/t8-,12+/m1/s1. The number of hydrogen-bond acceptors (Lipinski definition) is 6. The molecule has 10 heteroatoms. The van der Waals surface area contributed by atoms with Crippen molar-refractivity contribution in [3.05, 3.63) is 32.8 Å². The molecule has 0 saturated carbocycles. The highest BCUT2D eigenvalue weighted by Crippen LogP contribution is 2.31. The van der Waals surface area contributed by atoms with Crippen LogP contribution in [0.3, 0.4) is 0 Å². The first kappa shape index (κ1) is 20.7. The highest BCUT2D eigenvalue weighted by molar-refractivity contribution is 9.10. The van der Waals surface area contributed by atoms with Crippen LogP contribution in [0.25, 0.3) is 0 Å². The molecule has 0 fully saturated rings. The summed E-state index contributed by atoms with van der Waals surface area (Å²) in [5, 5.41) is 22.6. The predicted octanol–water partition coefficient (Wildman–Crippen LogP) is 3.10. The summed E-state index contributed by atoms with van der Waals surface area (Å²) in [6, 6.07) is 2.63. The van der Waals surface area contributed by atoms with E-state index in [0.717, 1.165) is 0 Å². The molecule has 2 atom stereocenters. The first-order valence-electron chi connectivity index (χ1n) is 7.23. The summed E-state index contributed by atoms with van der Waals surface area (Å²) in [6.45, 7) is 6.27. The van der Waals surface area contributed by atoms with Crippen molar-refractivity contribution in [1.82, 2.24) is 5.32 Å². The monoisotopic (exact) mass is 418 g/mol. The van der Waals surface area contributed by atoms with Crippen molar-refractivity contribution >= 4 is 33.7 Å². The van der Waals surface area contributed by atoms with Crippen molar-refractivity contribution in [2.45, 2.75) is 45.4 Å². The van der Waals surface area contributed by atoms with E-state index in [4.69, 9.17) is 9.47 Å². The van der Waals surface area contributed by atoms with Gasteiger partial charge in [-0.05, 0) is 39.8 Å². The SMILES string of the molecule is C[C@@H](Oc1ccc(Br)cc1[N+](=O)[O-])[C@H](NC(=O)OC(C)(C)C)C(=O)O. The smallest absolute Gasteiger partial charge is 0.408 e. The average molecular weight is 419 g/mol. The van der Waals surface area contributed by atoms with Crippen LogP contribution in [0.15, 0.2) is 22.7 Å². The van der Waals surface area contributed by atoms with Gasteiger partial charge in [-0.25, -0.2) is 9.59 Å². The molecule has 0 aliphatic rings. The number of amides is 1. The number of halogens is 1. The van der Waals surface area contributed by atoms with Gasteiger partial charge in [0, 0.05) is 10.5 Å². The normalized spacial score (nSPS) is 13.5. The third-order valence-corrected chi connectivity index (χ3v) is 3.33. The van der Waals surface area contributed by atoms with Crippen LogP contribution in [0.2, 0.25) is 0 Å². The van der Waals surface area contributed by atoms with E-state index in [0.29, 0.717) is 4.47 Å². The predicted molar refractivity (Wildman–Crippen MR) is 91.7 cm³/mol. The number of carbonyl (C=O) groups is 2. The van der Waals surface area contributed by atoms with Gasteiger partial charge in [-0.3, -0.25) is 10.1 Å². The van der Waals surface area contributed by atoms with Crippen molar-refractivity contribution in [1.29, 1.82) is 0 Å². The molecule has 138 valence electrons. The molecule has 0 heterocycles. The Morgan fingerprint density at radius 3 is 2.44 bits per heavy atom. The van der Waals surface area contributed by atoms with Gasteiger partial charge in [0.15, 0.2) is 11.8 Å². The molecule has 0 aromatic heterocycles. The van der Waals surface area contributed by atoms with Crippen molar-refractivity contribution in [3.63, 3.8) is 0 Å². The molecule has 1 amide bonds. The number of rotatable bonds is 6. The number of nitro benzene ring substituents is 1. The number of carboxylic acids is 1. The van der Waals surface area contributed by atoms with Crippen LogP contribution in [0.4, 0.5) is 10.5 Å². The zero-order valence-corrected chi connectivity index (χ0v) is 15.7. The van der Waals surface area contributed by atoms with E-state index in [9.17, 15) is 24.8 Å². The number of benzene rings is 1. The fraction of sp³-hybridized carbons (Fsp3) is 0.467. The number of hydrogen-bond donors (Lipinski definition) is 2. The van der Waals surface area contributed by atoms with Crippen molar-refractivity contribution in [3.8, 4) is 5.75 Å². The lowest BCUT2D eigenvalue weighted by atomic mass is 10.1. The van der Waals surface area contributed by atoms with Gasteiger partial charge in [-0.2, -0.15) is 0 Å². The maximum absolute atomic E-state index is 11.8. The minimum Gasteiger partial charge on any atom is -0.481 e. The fourth-order valence-corrected chi connectivity index (χ4v) is 2.16. The molecule has 1 aromatic rings. The molecular formula is C15H19BrN2O7. The molecule has 0 aliphatic heterocycles. The molecule has 0 radical (unpaired) electrons. The maximum atomic E-state index is 11.8. The average Bonchev–Trinajstić information content (AvgIpc) is 2.44. The molecule has 1 rings (SSSR count). The van der Waals surface area contributed by atoms with Gasteiger partial charge < -0.3 is 19.9 Å². The lowest BCUT2D eigenvalue weighted by Gasteiger charge is -2.25. The quantitative estimate of drug-likeness (QED) is 0.536. The lowest BCUT2D eigenvalue weighted by molar-refractivity contribution is -0.386. The Hall–Kier alpha value is -2.36. The van der Waals surface area contributed by atoms with Gasteiger partial charge >= 0.3 is 17.7 Å². The van der Waals surface area contributed by atoms with Gasteiger partial charge in [-0.1, -0.05) is 15.9 Å². The van der Waals surface area contributed by atoms with Crippen LogP contribution in [-0.2, 0) is 9.53 Å². The van der Waals surface area contributed by atoms with Gasteiger partial charge in [0.1, 0.15) is 11.7 Å². The second-order valence-corrected chi connectivity index (χ2v) is 7.07. The molecule has 2 N–H and O–H groups in total. The Morgan fingerprint density at radius 1 is 1.36 bits per heavy atom. The number of nitrogens with one attached hydrogen (secondary N) is 1. The van der Waals surface area contributed by atoms with E-state index in [1.54, 1.807) is 20.8 Å². The van der Waals surface area contributed by atoms with Crippen LogP contribution < -0.4 is 10.1 Å². The largest absolute Gasteiger partial charge is 0.481 e. The third kappa shape index (κ3) is 6.57. The van der Waals surface area contributed by atoms with E-state index in [-0.39, 0.29) is 11.4 Å². The topological polar surface area (TPSA) is 128 Å². The summed E-state index contributed by atoms with van der Waals surface area (Å²) in [5.74, 6) is -1.48. The van der Waals surface area contributed by atoms with Crippen LogP contribution in [-0.4, -0.2) is 39.8 Å².